The number of amides is 1. The number of phenolic OH excluding ortho intramolecular Hbond substituents is 1. The first kappa shape index (κ1) is 12.4. The highest BCUT2D eigenvalue weighted by Crippen LogP contribution is 2.15. The van der Waals surface area contributed by atoms with E-state index in [9.17, 15) is 9.18 Å². The largest absolute Gasteiger partial charge is 0.505 e. The summed E-state index contributed by atoms with van der Waals surface area (Å²) in [4.78, 5) is 10.5. The second-order valence-electron chi connectivity index (χ2n) is 3.33. The van der Waals surface area contributed by atoms with Gasteiger partial charge in [-0.1, -0.05) is 6.07 Å². The van der Waals surface area contributed by atoms with E-state index in [-0.39, 0.29) is 13.1 Å². The molecule has 1 atom stereocenters. The van der Waals surface area contributed by atoms with E-state index >= 15 is 0 Å². The molecule has 0 aromatic heterocycles. The molecule has 1 aromatic rings. The Labute approximate surface area is 91.7 Å². The smallest absolute Gasteiger partial charge is 0.247 e. The molecule has 0 fully saturated rings. The molecule has 5 N–H and O–H groups in total. The Hall–Kier alpha value is -1.66. The van der Waals surface area contributed by atoms with Gasteiger partial charge in [-0.05, 0) is 17.7 Å². The van der Waals surface area contributed by atoms with Gasteiger partial charge >= 0.3 is 0 Å². The summed E-state index contributed by atoms with van der Waals surface area (Å²) in [5, 5.41) is 20.7. The molecule has 0 aliphatic carbocycles. The summed E-state index contributed by atoms with van der Waals surface area (Å²) in [6.07, 6.45) is -1.26. The van der Waals surface area contributed by atoms with Crippen molar-refractivity contribution in [1.29, 1.82) is 0 Å². The van der Waals surface area contributed by atoms with Gasteiger partial charge in [0.15, 0.2) is 11.6 Å². The van der Waals surface area contributed by atoms with Crippen LogP contribution in [0.2, 0.25) is 0 Å². The van der Waals surface area contributed by atoms with Gasteiger partial charge in [0.25, 0.3) is 0 Å². The lowest BCUT2D eigenvalue weighted by Gasteiger charge is -2.08. The zero-order valence-corrected chi connectivity index (χ0v) is 8.48. The van der Waals surface area contributed by atoms with Crippen molar-refractivity contribution in [2.24, 2.45) is 5.73 Å². The molecule has 0 spiro atoms. The summed E-state index contributed by atoms with van der Waals surface area (Å²) in [6, 6.07) is 3.93. The maximum Gasteiger partial charge on any atom is 0.247 e. The fraction of sp³-hybridized carbons (Fsp3) is 0.300. The molecule has 88 valence electrons. The lowest BCUT2D eigenvalue weighted by Crippen LogP contribution is -2.37. The van der Waals surface area contributed by atoms with Crippen LogP contribution in [0, 0.1) is 5.82 Å². The fourth-order valence-electron chi connectivity index (χ4n) is 1.11. The van der Waals surface area contributed by atoms with Gasteiger partial charge in [0.2, 0.25) is 5.91 Å². The molecule has 6 heteroatoms. The van der Waals surface area contributed by atoms with Gasteiger partial charge in [-0.3, -0.25) is 4.79 Å². The summed E-state index contributed by atoms with van der Waals surface area (Å²) in [7, 11) is 0. The molecule has 0 bridgehead atoms. The topological polar surface area (TPSA) is 95.6 Å². The number of aliphatic hydroxyl groups is 1. The number of hydrogen-bond acceptors (Lipinski definition) is 4. The molecule has 0 aliphatic rings. The van der Waals surface area contributed by atoms with Crippen molar-refractivity contribution in [3.63, 3.8) is 0 Å². The molecule has 1 amide bonds. The monoisotopic (exact) mass is 228 g/mol. The number of benzene rings is 1. The van der Waals surface area contributed by atoms with Crippen LogP contribution in [0.15, 0.2) is 18.2 Å². The molecule has 5 nitrogen and oxygen atoms in total. The Morgan fingerprint density at radius 2 is 2.25 bits per heavy atom. The Balaban J connectivity index is 2.43. The van der Waals surface area contributed by atoms with Crippen LogP contribution in [0.5, 0.6) is 5.75 Å². The van der Waals surface area contributed by atoms with Crippen molar-refractivity contribution >= 4 is 5.91 Å². The van der Waals surface area contributed by atoms with Crippen LogP contribution in [0.1, 0.15) is 5.56 Å². The van der Waals surface area contributed by atoms with Crippen LogP contribution in [0.3, 0.4) is 0 Å². The maximum atomic E-state index is 12.9. The van der Waals surface area contributed by atoms with Crippen molar-refractivity contribution in [2.45, 2.75) is 12.6 Å². The van der Waals surface area contributed by atoms with Crippen LogP contribution in [-0.2, 0) is 11.3 Å². The predicted molar refractivity (Wildman–Crippen MR) is 55.0 cm³/mol. The van der Waals surface area contributed by atoms with E-state index in [2.05, 4.69) is 5.32 Å². The van der Waals surface area contributed by atoms with E-state index in [0.29, 0.717) is 5.56 Å². The van der Waals surface area contributed by atoms with Gasteiger partial charge < -0.3 is 21.3 Å². The SMILES string of the molecule is NC(=O)C(O)CNCc1ccc(O)c(F)c1. The average Bonchev–Trinajstić information content (AvgIpc) is 2.23. The minimum absolute atomic E-state index is 0.00215. The van der Waals surface area contributed by atoms with Crippen molar-refractivity contribution < 1.29 is 19.4 Å². The molecule has 0 heterocycles. The van der Waals surface area contributed by atoms with Gasteiger partial charge in [-0.25, -0.2) is 4.39 Å². The van der Waals surface area contributed by atoms with Crippen LogP contribution in [0.25, 0.3) is 0 Å². The van der Waals surface area contributed by atoms with E-state index in [1.165, 1.54) is 18.2 Å². The van der Waals surface area contributed by atoms with E-state index in [1.807, 2.05) is 0 Å². The second kappa shape index (κ2) is 5.43. The summed E-state index contributed by atoms with van der Waals surface area (Å²) >= 11 is 0. The number of aromatic hydroxyl groups is 1. The minimum atomic E-state index is -1.26. The second-order valence-corrected chi connectivity index (χ2v) is 3.33. The van der Waals surface area contributed by atoms with Gasteiger partial charge in [0.1, 0.15) is 6.10 Å². The van der Waals surface area contributed by atoms with Gasteiger partial charge in [0.05, 0.1) is 0 Å². The van der Waals surface area contributed by atoms with Crippen LogP contribution in [0.4, 0.5) is 4.39 Å². The maximum absolute atomic E-state index is 12.9. The first-order valence-corrected chi connectivity index (χ1v) is 4.66. The Morgan fingerprint density at radius 3 is 2.81 bits per heavy atom. The summed E-state index contributed by atoms with van der Waals surface area (Å²) in [5.74, 6) is -1.94. The van der Waals surface area contributed by atoms with Gasteiger partial charge in [0, 0.05) is 13.1 Å². The fourth-order valence-corrected chi connectivity index (χ4v) is 1.11. The number of aliphatic hydroxyl groups excluding tert-OH is 1. The number of hydrogen-bond donors (Lipinski definition) is 4. The molecule has 16 heavy (non-hydrogen) atoms. The number of carbonyl (C=O) groups is 1. The summed E-state index contributed by atoms with van der Waals surface area (Å²) in [6.45, 7) is 0.263. The predicted octanol–water partition coefficient (Wildman–Crippen LogP) is -0.533. The lowest BCUT2D eigenvalue weighted by molar-refractivity contribution is -0.125. The quantitative estimate of drug-likeness (QED) is 0.544. The lowest BCUT2D eigenvalue weighted by atomic mass is 10.2. The number of primary amides is 1. The molecule has 1 aromatic carbocycles. The molecule has 0 saturated heterocycles. The molecule has 0 radical (unpaired) electrons. The average molecular weight is 228 g/mol. The van der Waals surface area contributed by atoms with Crippen molar-refractivity contribution in [3.8, 4) is 5.75 Å². The highest BCUT2D eigenvalue weighted by molar-refractivity contribution is 5.78. The number of nitrogens with one attached hydrogen (secondary N) is 1. The van der Waals surface area contributed by atoms with Crippen molar-refractivity contribution in [1.82, 2.24) is 5.32 Å². The van der Waals surface area contributed by atoms with Crippen LogP contribution in [-0.4, -0.2) is 28.8 Å². The number of carbonyl (C=O) groups excluding carboxylic acids is 1. The summed E-state index contributed by atoms with van der Waals surface area (Å²) < 4.78 is 12.9. The third kappa shape index (κ3) is 3.48. The first-order chi connectivity index (χ1) is 7.50. The molecular weight excluding hydrogens is 215 g/mol. The Morgan fingerprint density at radius 1 is 1.56 bits per heavy atom. The third-order valence-corrected chi connectivity index (χ3v) is 2.01. The van der Waals surface area contributed by atoms with E-state index in [4.69, 9.17) is 15.9 Å². The highest BCUT2D eigenvalue weighted by Gasteiger charge is 2.09. The van der Waals surface area contributed by atoms with E-state index in [1.54, 1.807) is 0 Å². The molecular formula is C10H13FN2O3. The zero-order chi connectivity index (χ0) is 12.1. The molecule has 1 rings (SSSR count). The van der Waals surface area contributed by atoms with Gasteiger partial charge in [-0.2, -0.15) is 0 Å². The van der Waals surface area contributed by atoms with Gasteiger partial charge in [-0.15, -0.1) is 0 Å². The van der Waals surface area contributed by atoms with E-state index in [0.717, 1.165) is 0 Å². The number of phenols is 1. The summed E-state index contributed by atoms with van der Waals surface area (Å²) in [5.41, 5.74) is 5.43. The number of rotatable bonds is 5. The van der Waals surface area contributed by atoms with Crippen molar-refractivity contribution in [3.05, 3.63) is 29.6 Å². The molecule has 0 saturated carbocycles. The first-order valence-electron chi connectivity index (χ1n) is 4.66. The number of nitrogens with two attached hydrogens (primary N) is 1. The third-order valence-electron chi connectivity index (χ3n) is 2.01. The number of halogens is 1. The molecule has 0 aliphatic heterocycles. The Bertz CT molecular complexity index is 384. The standard InChI is InChI=1S/C10H13FN2O3/c11-7-3-6(1-2-8(7)14)4-13-5-9(15)10(12)16/h1-3,9,13-15H,4-5H2,(H2,12,16). The minimum Gasteiger partial charge on any atom is -0.505 e. The highest BCUT2D eigenvalue weighted by atomic mass is 19.1. The zero-order valence-electron chi connectivity index (χ0n) is 8.48. The molecule has 1 unspecified atom stereocenters. The van der Waals surface area contributed by atoms with Crippen LogP contribution >= 0.6 is 0 Å². The Kier molecular flexibility index (Phi) is 4.21. The normalized spacial score (nSPS) is 12.4. The van der Waals surface area contributed by atoms with Crippen molar-refractivity contribution in [2.75, 3.05) is 6.54 Å². The van der Waals surface area contributed by atoms with Crippen LogP contribution < -0.4 is 11.1 Å². The van der Waals surface area contributed by atoms with E-state index < -0.39 is 23.6 Å².